The monoisotopic (exact) mass is 471 g/mol. The average molecular weight is 472 g/mol. The smallest absolute Gasteiger partial charge is 0.252 e. The van der Waals surface area contributed by atoms with Gasteiger partial charge >= 0.3 is 0 Å². The molecule has 0 spiro atoms. The molecule has 168 valence electrons. The van der Waals surface area contributed by atoms with Crippen molar-refractivity contribution in [1.29, 1.82) is 0 Å². The number of thiophene rings is 1. The molecule has 4 rings (SSSR count). The molecule has 1 aromatic carbocycles. The summed E-state index contributed by atoms with van der Waals surface area (Å²) in [4.78, 5) is 17.3. The fourth-order valence-corrected chi connectivity index (χ4v) is 6.53. The summed E-state index contributed by atoms with van der Waals surface area (Å²) >= 11 is 1.16. The van der Waals surface area contributed by atoms with Gasteiger partial charge in [-0.3, -0.25) is 9.78 Å². The Balaban J connectivity index is 1.34. The van der Waals surface area contributed by atoms with Gasteiger partial charge in [0.15, 0.2) is 0 Å². The highest BCUT2D eigenvalue weighted by atomic mass is 32.2. The number of aromatic nitrogens is 1. The standard InChI is InChI=1S/C23H25N3O4S2/c27-22(15-21-9-10-23(31-21)32(28,29)26-12-2-1-3-13-26)25-19-7-4-8-20(14-19)30-17-18-6-5-11-24-16-18/h4-11,14,16H,1-3,12-13,15,17H2,(H,25,27). The van der Waals surface area contributed by atoms with Crippen molar-refractivity contribution in [3.8, 4) is 5.75 Å². The van der Waals surface area contributed by atoms with E-state index in [0.29, 0.717) is 40.2 Å². The molecule has 0 unspecified atom stereocenters. The van der Waals surface area contributed by atoms with Crippen LogP contribution in [0, 0.1) is 0 Å². The van der Waals surface area contributed by atoms with E-state index < -0.39 is 10.0 Å². The van der Waals surface area contributed by atoms with E-state index in [1.165, 1.54) is 0 Å². The van der Waals surface area contributed by atoms with E-state index in [1.807, 2.05) is 24.3 Å². The molecule has 32 heavy (non-hydrogen) atoms. The van der Waals surface area contributed by atoms with E-state index in [-0.39, 0.29) is 12.3 Å². The molecule has 3 heterocycles. The Morgan fingerprint density at radius 2 is 1.94 bits per heavy atom. The van der Waals surface area contributed by atoms with Gasteiger partial charge in [-0.2, -0.15) is 4.31 Å². The first-order valence-electron chi connectivity index (χ1n) is 10.5. The molecule has 1 saturated heterocycles. The molecule has 1 aliphatic rings. The zero-order valence-electron chi connectivity index (χ0n) is 17.6. The van der Waals surface area contributed by atoms with Crippen molar-refractivity contribution in [3.05, 3.63) is 71.4 Å². The van der Waals surface area contributed by atoms with Crippen LogP contribution in [0.2, 0.25) is 0 Å². The third-order valence-corrected chi connectivity index (χ3v) is 8.58. The number of amides is 1. The van der Waals surface area contributed by atoms with Crippen LogP contribution >= 0.6 is 11.3 Å². The summed E-state index contributed by atoms with van der Waals surface area (Å²) in [5.41, 5.74) is 1.58. The van der Waals surface area contributed by atoms with Gasteiger partial charge < -0.3 is 10.1 Å². The maximum absolute atomic E-state index is 12.8. The van der Waals surface area contributed by atoms with Crippen molar-refractivity contribution < 1.29 is 17.9 Å². The molecule has 1 N–H and O–H groups in total. The van der Waals surface area contributed by atoms with Crippen molar-refractivity contribution in [2.24, 2.45) is 0 Å². The van der Waals surface area contributed by atoms with Crippen LogP contribution < -0.4 is 10.1 Å². The van der Waals surface area contributed by atoms with Crippen molar-refractivity contribution in [2.45, 2.75) is 36.5 Å². The second-order valence-corrected chi connectivity index (χ2v) is 10.9. The topological polar surface area (TPSA) is 88.6 Å². The Bertz CT molecular complexity index is 1160. The molecule has 0 aliphatic carbocycles. The Morgan fingerprint density at radius 3 is 2.72 bits per heavy atom. The van der Waals surface area contributed by atoms with Gasteiger partial charge in [-0.25, -0.2) is 8.42 Å². The van der Waals surface area contributed by atoms with E-state index in [1.54, 1.807) is 41.0 Å². The molecule has 1 aliphatic heterocycles. The van der Waals surface area contributed by atoms with Crippen LogP contribution in [0.15, 0.2) is 65.1 Å². The third kappa shape index (κ3) is 5.73. The molecule has 2 aromatic heterocycles. The van der Waals surface area contributed by atoms with E-state index in [2.05, 4.69) is 10.3 Å². The Kier molecular flexibility index (Phi) is 7.19. The molecular formula is C23H25N3O4S2. The largest absolute Gasteiger partial charge is 0.489 e. The summed E-state index contributed by atoms with van der Waals surface area (Å²) in [6, 6.07) is 14.3. The van der Waals surface area contributed by atoms with Crippen molar-refractivity contribution in [3.63, 3.8) is 0 Å². The van der Waals surface area contributed by atoms with Gasteiger partial charge in [-0.15, -0.1) is 11.3 Å². The lowest BCUT2D eigenvalue weighted by molar-refractivity contribution is -0.115. The Morgan fingerprint density at radius 1 is 1.09 bits per heavy atom. The zero-order valence-corrected chi connectivity index (χ0v) is 19.2. The first-order chi connectivity index (χ1) is 15.5. The lowest BCUT2D eigenvalue weighted by Crippen LogP contribution is -2.35. The number of carbonyl (C=O) groups excluding carboxylic acids is 1. The lowest BCUT2D eigenvalue weighted by Gasteiger charge is -2.25. The highest BCUT2D eigenvalue weighted by Crippen LogP contribution is 2.27. The highest BCUT2D eigenvalue weighted by Gasteiger charge is 2.27. The summed E-state index contributed by atoms with van der Waals surface area (Å²) < 4.78 is 33.2. The quantitative estimate of drug-likeness (QED) is 0.535. The number of piperidine rings is 1. The first kappa shape index (κ1) is 22.4. The number of sulfonamides is 1. The number of hydrogen-bond donors (Lipinski definition) is 1. The number of benzene rings is 1. The van der Waals surface area contributed by atoms with Gasteiger partial charge in [-0.1, -0.05) is 18.6 Å². The van der Waals surface area contributed by atoms with Gasteiger partial charge in [0.2, 0.25) is 5.91 Å². The molecule has 1 fully saturated rings. The maximum atomic E-state index is 12.8. The highest BCUT2D eigenvalue weighted by molar-refractivity contribution is 7.91. The number of carbonyl (C=O) groups is 1. The second kappa shape index (κ2) is 10.2. The fourth-order valence-electron chi connectivity index (χ4n) is 3.50. The number of rotatable bonds is 8. The minimum absolute atomic E-state index is 0.112. The summed E-state index contributed by atoms with van der Waals surface area (Å²) in [5.74, 6) is 0.427. The van der Waals surface area contributed by atoms with E-state index in [9.17, 15) is 13.2 Å². The van der Waals surface area contributed by atoms with Gasteiger partial charge in [0.05, 0.1) is 6.42 Å². The SMILES string of the molecule is O=C(Cc1ccc(S(=O)(=O)N2CCCCC2)s1)Nc1cccc(OCc2cccnc2)c1. The number of nitrogens with zero attached hydrogens (tertiary/aromatic N) is 2. The summed E-state index contributed by atoms with van der Waals surface area (Å²) in [5, 5.41) is 2.86. The maximum Gasteiger partial charge on any atom is 0.252 e. The molecule has 0 atom stereocenters. The van der Waals surface area contributed by atoms with Crippen molar-refractivity contribution in [2.75, 3.05) is 18.4 Å². The van der Waals surface area contributed by atoms with Crippen LogP contribution in [-0.4, -0.2) is 36.7 Å². The van der Waals surface area contributed by atoms with Crippen LogP contribution in [0.1, 0.15) is 29.7 Å². The number of ether oxygens (including phenoxy) is 1. The lowest BCUT2D eigenvalue weighted by atomic mass is 10.2. The molecule has 0 bridgehead atoms. The number of nitrogens with one attached hydrogen (secondary N) is 1. The normalized spacial score (nSPS) is 14.8. The van der Waals surface area contributed by atoms with Crippen molar-refractivity contribution in [1.82, 2.24) is 9.29 Å². The molecule has 9 heteroatoms. The summed E-state index contributed by atoms with van der Waals surface area (Å²) in [7, 11) is -3.47. The second-order valence-electron chi connectivity index (χ2n) is 7.59. The third-order valence-electron chi connectivity index (χ3n) is 5.13. The minimum Gasteiger partial charge on any atom is -0.489 e. The molecule has 1 amide bonds. The predicted molar refractivity (Wildman–Crippen MR) is 124 cm³/mol. The van der Waals surface area contributed by atoms with E-state index in [4.69, 9.17) is 4.74 Å². The number of hydrogen-bond acceptors (Lipinski definition) is 6. The van der Waals surface area contributed by atoms with E-state index in [0.717, 1.165) is 36.2 Å². The first-order valence-corrected chi connectivity index (χ1v) is 12.8. The van der Waals surface area contributed by atoms with Crippen LogP contribution in [0.5, 0.6) is 5.75 Å². The average Bonchev–Trinajstić information content (AvgIpc) is 3.28. The van der Waals surface area contributed by atoms with Gasteiger partial charge in [0.25, 0.3) is 10.0 Å². The predicted octanol–water partition coefficient (Wildman–Crippen LogP) is 4.08. The van der Waals surface area contributed by atoms with Gasteiger partial charge in [0.1, 0.15) is 16.6 Å². The number of anilines is 1. The molecule has 0 radical (unpaired) electrons. The Labute approximate surface area is 192 Å². The number of pyridine rings is 1. The zero-order chi connectivity index (χ0) is 22.4. The summed E-state index contributed by atoms with van der Waals surface area (Å²) in [6.45, 7) is 1.51. The van der Waals surface area contributed by atoms with Crippen LogP contribution in [0.4, 0.5) is 5.69 Å². The van der Waals surface area contributed by atoms with Crippen LogP contribution in [0.25, 0.3) is 0 Å². The molecular weight excluding hydrogens is 446 g/mol. The molecule has 0 saturated carbocycles. The fraction of sp³-hybridized carbons (Fsp3) is 0.304. The van der Waals surface area contributed by atoms with Gasteiger partial charge in [0, 0.05) is 47.7 Å². The van der Waals surface area contributed by atoms with Crippen molar-refractivity contribution >= 4 is 33.0 Å². The Hall–Kier alpha value is -2.75. The van der Waals surface area contributed by atoms with Crippen LogP contribution in [0.3, 0.4) is 0 Å². The van der Waals surface area contributed by atoms with Crippen LogP contribution in [-0.2, 0) is 27.8 Å². The summed E-state index contributed by atoms with van der Waals surface area (Å²) in [6.07, 6.45) is 6.42. The van der Waals surface area contributed by atoms with Gasteiger partial charge in [-0.05, 0) is 43.2 Å². The van der Waals surface area contributed by atoms with E-state index >= 15 is 0 Å². The minimum atomic E-state index is -3.47. The molecule has 7 nitrogen and oxygen atoms in total. The molecule has 3 aromatic rings.